The maximum atomic E-state index is 2.29. The molecule has 17 heavy (non-hydrogen) atoms. The summed E-state index contributed by atoms with van der Waals surface area (Å²) in [5.74, 6) is 1.11. The third-order valence-electron chi connectivity index (χ3n) is 2.64. The van der Waals surface area contributed by atoms with Gasteiger partial charge in [0.1, 0.15) is 0 Å². The standard InChI is InChI=1S/C15H17NS/c1-16(14-8-4-2-5-9-14)12-13-17-15-10-6-3-7-11-15/h2-11H,12-13H2,1H3. The summed E-state index contributed by atoms with van der Waals surface area (Å²) in [4.78, 5) is 3.63. The smallest absolute Gasteiger partial charge is 0.0363 e. The molecule has 2 rings (SSSR count). The van der Waals surface area contributed by atoms with E-state index >= 15 is 0 Å². The Balaban J connectivity index is 1.79. The van der Waals surface area contributed by atoms with Gasteiger partial charge in [-0.2, -0.15) is 0 Å². The molecular formula is C15H17NS. The second kappa shape index (κ2) is 6.36. The lowest BCUT2D eigenvalue weighted by Gasteiger charge is -2.18. The Kier molecular flexibility index (Phi) is 4.51. The molecule has 0 aromatic heterocycles. The molecule has 0 N–H and O–H groups in total. The molecule has 0 aliphatic heterocycles. The fourth-order valence-corrected chi connectivity index (χ4v) is 2.58. The van der Waals surface area contributed by atoms with Gasteiger partial charge >= 0.3 is 0 Å². The van der Waals surface area contributed by atoms with Gasteiger partial charge in [0.2, 0.25) is 0 Å². The Morgan fingerprint density at radius 2 is 1.47 bits per heavy atom. The van der Waals surface area contributed by atoms with Crippen molar-refractivity contribution in [1.82, 2.24) is 0 Å². The molecule has 0 atom stereocenters. The van der Waals surface area contributed by atoms with Crippen LogP contribution in [0.3, 0.4) is 0 Å². The van der Waals surface area contributed by atoms with Crippen molar-refractivity contribution in [2.45, 2.75) is 4.90 Å². The van der Waals surface area contributed by atoms with Crippen molar-refractivity contribution in [3.05, 3.63) is 60.7 Å². The Labute approximate surface area is 107 Å². The Morgan fingerprint density at radius 3 is 2.12 bits per heavy atom. The van der Waals surface area contributed by atoms with E-state index in [4.69, 9.17) is 0 Å². The zero-order valence-corrected chi connectivity index (χ0v) is 10.9. The highest BCUT2D eigenvalue weighted by atomic mass is 32.2. The molecule has 2 aromatic carbocycles. The molecule has 0 aliphatic rings. The molecule has 1 nitrogen and oxygen atoms in total. The molecule has 0 saturated heterocycles. The van der Waals surface area contributed by atoms with Crippen molar-refractivity contribution in [3.8, 4) is 0 Å². The van der Waals surface area contributed by atoms with Gasteiger partial charge in [-0.25, -0.2) is 0 Å². The van der Waals surface area contributed by atoms with E-state index in [0.29, 0.717) is 0 Å². The van der Waals surface area contributed by atoms with Crippen LogP contribution in [0.5, 0.6) is 0 Å². The zero-order chi connectivity index (χ0) is 11.9. The molecule has 2 aromatic rings. The average Bonchev–Trinajstić information content (AvgIpc) is 2.41. The third-order valence-corrected chi connectivity index (χ3v) is 3.63. The van der Waals surface area contributed by atoms with Gasteiger partial charge in [-0.15, -0.1) is 11.8 Å². The van der Waals surface area contributed by atoms with Gasteiger partial charge in [0.05, 0.1) is 0 Å². The Bertz CT molecular complexity index is 427. The van der Waals surface area contributed by atoms with Crippen LogP contribution in [0.4, 0.5) is 5.69 Å². The molecule has 0 fully saturated rings. The van der Waals surface area contributed by atoms with Crippen molar-refractivity contribution in [2.24, 2.45) is 0 Å². The van der Waals surface area contributed by atoms with E-state index in [0.717, 1.165) is 12.3 Å². The molecule has 0 unspecified atom stereocenters. The van der Waals surface area contributed by atoms with Crippen molar-refractivity contribution in [3.63, 3.8) is 0 Å². The highest BCUT2D eigenvalue weighted by molar-refractivity contribution is 7.99. The number of benzene rings is 2. The number of nitrogens with zero attached hydrogens (tertiary/aromatic N) is 1. The van der Waals surface area contributed by atoms with Crippen molar-refractivity contribution in [2.75, 3.05) is 24.2 Å². The molecule has 0 heterocycles. The van der Waals surface area contributed by atoms with Crippen molar-refractivity contribution >= 4 is 17.4 Å². The molecule has 0 aliphatic carbocycles. The number of hydrogen-bond acceptors (Lipinski definition) is 2. The van der Waals surface area contributed by atoms with E-state index in [1.807, 2.05) is 11.8 Å². The molecule has 88 valence electrons. The van der Waals surface area contributed by atoms with E-state index in [1.54, 1.807) is 0 Å². The normalized spacial score (nSPS) is 10.2. The first-order chi connectivity index (χ1) is 8.36. The maximum absolute atomic E-state index is 2.29. The van der Waals surface area contributed by atoms with Crippen LogP contribution in [-0.4, -0.2) is 19.3 Å². The van der Waals surface area contributed by atoms with Crippen LogP contribution < -0.4 is 4.90 Å². The molecule has 0 radical (unpaired) electrons. The molecule has 2 heteroatoms. The molecule has 0 spiro atoms. The van der Waals surface area contributed by atoms with Crippen molar-refractivity contribution in [1.29, 1.82) is 0 Å². The lowest BCUT2D eigenvalue weighted by Crippen LogP contribution is -2.19. The minimum Gasteiger partial charge on any atom is -0.374 e. The first kappa shape index (κ1) is 12.1. The summed E-state index contributed by atoms with van der Waals surface area (Å²) in [6.07, 6.45) is 0. The summed E-state index contributed by atoms with van der Waals surface area (Å²) in [5.41, 5.74) is 1.28. The van der Waals surface area contributed by atoms with Gasteiger partial charge in [-0.05, 0) is 24.3 Å². The average molecular weight is 243 g/mol. The van der Waals surface area contributed by atoms with Gasteiger partial charge in [0, 0.05) is 29.9 Å². The van der Waals surface area contributed by atoms with Crippen LogP contribution in [0.25, 0.3) is 0 Å². The lowest BCUT2D eigenvalue weighted by molar-refractivity contribution is 0.977. The van der Waals surface area contributed by atoms with Crippen LogP contribution in [0.1, 0.15) is 0 Å². The number of anilines is 1. The first-order valence-electron chi connectivity index (χ1n) is 5.80. The number of rotatable bonds is 5. The molecule has 0 amide bonds. The topological polar surface area (TPSA) is 3.24 Å². The van der Waals surface area contributed by atoms with E-state index in [9.17, 15) is 0 Å². The minimum atomic E-state index is 1.06. The Morgan fingerprint density at radius 1 is 0.882 bits per heavy atom. The summed E-state index contributed by atoms with van der Waals surface area (Å²) >= 11 is 1.90. The summed E-state index contributed by atoms with van der Waals surface area (Å²) in [6.45, 7) is 1.06. The van der Waals surface area contributed by atoms with E-state index in [1.165, 1.54) is 10.6 Å². The lowest BCUT2D eigenvalue weighted by atomic mass is 10.3. The predicted molar refractivity (Wildman–Crippen MR) is 76.9 cm³/mol. The fraction of sp³-hybridized carbons (Fsp3) is 0.200. The highest BCUT2D eigenvalue weighted by Gasteiger charge is 1.99. The second-order valence-electron chi connectivity index (χ2n) is 3.92. The third kappa shape index (κ3) is 3.82. The van der Waals surface area contributed by atoms with Gasteiger partial charge in [0.25, 0.3) is 0 Å². The van der Waals surface area contributed by atoms with Gasteiger partial charge in [-0.3, -0.25) is 0 Å². The summed E-state index contributed by atoms with van der Waals surface area (Å²) in [7, 11) is 2.14. The predicted octanol–water partition coefficient (Wildman–Crippen LogP) is 3.92. The minimum absolute atomic E-state index is 1.06. The quantitative estimate of drug-likeness (QED) is 0.732. The van der Waals surface area contributed by atoms with Gasteiger partial charge in [-0.1, -0.05) is 36.4 Å². The number of thioether (sulfide) groups is 1. The first-order valence-corrected chi connectivity index (χ1v) is 6.79. The largest absolute Gasteiger partial charge is 0.374 e. The van der Waals surface area contributed by atoms with Crippen LogP contribution in [0.15, 0.2) is 65.6 Å². The van der Waals surface area contributed by atoms with Crippen LogP contribution in [-0.2, 0) is 0 Å². The summed E-state index contributed by atoms with van der Waals surface area (Å²) in [5, 5.41) is 0. The summed E-state index contributed by atoms with van der Waals surface area (Å²) < 4.78 is 0. The fourth-order valence-electron chi connectivity index (χ4n) is 1.63. The van der Waals surface area contributed by atoms with E-state index in [-0.39, 0.29) is 0 Å². The molecular weight excluding hydrogens is 226 g/mol. The number of hydrogen-bond donors (Lipinski definition) is 0. The van der Waals surface area contributed by atoms with Crippen LogP contribution in [0, 0.1) is 0 Å². The zero-order valence-electron chi connectivity index (χ0n) is 10.0. The van der Waals surface area contributed by atoms with Crippen LogP contribution >= 0.6 is 11.8 Å². The number of para-hydroxylation sites is 1. The van der Waals surface area contributed by atoms with Gasteiger partial charge < -0.3 is 4.90 Å². The van der Waals surface area contributed by atoms with E-state index in [2.05, 4.69) is 72.6 Å². The Hall–Kier alpha value is -1.41. The summed E-state index contributed by atoms with van der Waals surface area (Å²) in [6, 6.07) is 21.1. The highest BCUT2D eigenvalue weighted by Crippen LogP contribution is 2.18. The molecule has 0 saturated carbocycles. The van der Waals surface area contributed by atoms with E-state index < -0.39 is 0 Å². The van der Waals surface area contributed by atoms with Crippen molar-refractivity contribution < 1.29 is 0 Å². The van der Waals surface area contributed by atoms with Crippen LogP contribution in [0.2, 0.25) is 0 Å². The molecule has 0 bridgehead atoms. The SMILES string of the molecule is CN(CCSc1ccccc1)c1ccccc1. The monoisotopic (exact) mass is 243 g/mol. The van der Waals surface area contributed by atoms with Gasteiger partial charge in [0.15, 0.2) is 0 Å². The second-order valence-corrected chi connectivity index (χ2v) is 5.09. The maximum Gasteiger partial charge on any atom is 0.0363 e.